The first kappa shape index (κ1) is 48.7. The van der Waals surface area contributed by atoms with Crippen LogP contribution in [-0.4, -0.2) is 83.7 Å². The lowest BCUT2D eigenvalue weighted by molar-refractivity contribution is -0.203. The molecule has 2 fully saturated rings. The quantitative estimate of drug-likeness (QED) is 0.157. The molecule has 4 aliphatic rings. The van der Waals surface area contributed by atoms with Crippen LogP contribution in [0.3, 0.4) is 0 Å². The number of rotatable bonds is 0. The third kappa shape index (κ3) is 12.5. The largest absolute Gasteiger partial charge is 0.449 e. The lowest BCUT2D eigenvalue weighted by Crippen LogP contribution is -2.35. The van der Waals surface area contributed by atoms with E-state index in [1.807, 2.05) is 40.7 Å². The molecule has 0 aliphatic carbocycles. The molecule has 2 aromatic rings. The second-order valence-corrected chi connectivity index (χ2v) is 17.2. The summed E-state index contributed by atoms with van der Waals surface area (Å²) in [6, 6.07) is 6.97. The monoisotopic (exact) mass is 878 g/mol. The van der Waals surface area contributed by atoms with E-state index < -0.39 is 79.2 Å². The van der Waals surface area contributed by atoms with Crippen LogP contribution in [0.25, 0.3) is 12.2 Å². The van der Waals surface area contributed by atoms with E-state index in [1.165, 1.54) is 12.2 Å². The average Bonchev–Trinajstić information content (AvgIpc) is 3.62. The third-order valence-electron chi connectivity index (χ3n) is 10.8. The van der Waals surface area contributed by atoms with Gasteiger partial charge in [0.05, 0.1) is 29.4 Å². The Labute approximate surface area is 358 Å². The highest BCUT2D eigenvalue weighted by Crippen LogP contribution is 2.37. The predicted molar refractivity (Wildman–Crippen MR) is 220 cm³/mol. The van der Waals surface area contributed by atoms with Crippen LogP contribution in [-0.2, 0) is 28.4 Å². The van der Waals surface area contributed by atoms with Gasteiger partial charge >= 0.3 is 24.3 Å². The van der Waals surface area contributed by atoms with Crippen molar-refractivity contribution < 1.29 is 69.5 Å². The summed E-state index contributed by atoms with van der Waals surface area (Å²) in [4.78, 5) is 25.5. The summed E-state index contributed by atoms with van der Waals surface area (Å²) < 4.78 is 115. The summed E-state index contributed by atoms with van der Waals surface area (Å²) >= 11 is 0. The molecular weight excluding hydrogens is 822 g/mol. The number of ether oxygens (including phenoxy) is 6. The van der Waals surface area contributed by atoms with Crippen LogP contribution in [0.15, 0.2) is 60.7 Å². The number of carbonyl (C=O) groups excluding carboxylic acids is 2. The first-order valence-electron chi connectivity index (χ1n) is 20.6. The number of hydrogen-bond acceptors (Lipinski definition) is 9. The van der Waals surface area contributed by atoms with E-state index in [9.17, 15) is 41.0 Å². The fourth-order valence-corrected chi connectivity index (χ4v) is 8.16. The molecule has 4 heterocycles. The number of cyclic esters (lactones) is 2. The Morgan fingerprint density at radius 2 is 0.984 bits per heavy atom. The lowest BCUT2D eigenvalue weighted by Gasteiger charge is -2.23. The number of benzene rings is 2. The van der Waals surface area contributed by atoms with Gasteiger partial charge in [-0.15, -0.1) is 0 Å². The second kappa shape index (κ2) is 19.2. The maximum absolute atomic E-state index is 13.6. The van der Waals surface area contributed by atoms with Gasteiger partial charge in [-0.3, -0.25) is 0 Å². The highest BCUT2D eigenvalue weighted by atomic mass is 19.4. The molecule has 15 heteroatoms. The van der Waals surface area contributed by atoms with Crippen LogP contribution in [0.5, 0.6) is 0 Å². The SMILES string of the molecule is Cc1cc(C)c2c(c1)/C=C/C[C@@H]1OC(C)(C)O[C@@H]1C(C)/C=C\C[C@H](C(F)(F)F)OC2=O.Cc1cc(C)c2c(c1)/C=C/C[C@@H]1OC(C)(C)O[C@@H]1C(O)/C=C\C[C@H](C(F)(F)F)OC2=O. The number of halogens is 6. The van der Waals surface area contributed by atoms with Gasteiger partial charge in [0.2, 0.25) is 12.2 Å². The minimum absolute atomic E-state index is 0.0950. The molecule has 4 aliphatic heterocycles. The molecule has 2 unspecified atom stereocenters. The van der Waals surface area contributed by atoms with Crippen molar-refractivity contribution in [2.45, 2.75) is 155 Å². The topological polar surface area (TPSA) is 110 Å². The average molecular weight is 879 g/mol. The van der Waals surface area contributed by atoms with Gasteiger partial charge in [0.1, 0.15) is 12.2 Å². The van der Waals surface area contributed by atoms with Crippen LogP contribution >= 0.6 is 0 Å². The van der Waals surface area contributed by atoms with Crippen LogP contribution < -0.4 is 0 Å². The van der Waals surface area contributed by atoms with Gasteiger partial charge in [0.15, 0.2) is 11.6 Å². The number of aliphatic hydroxyl groups excluding tert-OH is 1. The lowest BCUT2D eigenvalue weighted by atomic mass is 9.95. The maximum atomic E-state index is 13.6. The van der Waals surface area contributed by atoms with Crippen LogP contribution in [0.1, 0.15) is 114 Å². The second-order valence-electron chi connectivity index (χ2n) is 17.2. The van der Waals surface area contributed by atoms with E-state index in [2.05, 4.69) is 0 Å². The van der Waals surface area contributed by atoms with Gasteiger partial charge in [-0.05, 0) is 90.5 Å². The molecule has 6 rings (SSSR count). The normalized spacial score (nSPS) is 31.2. The van der Waals surface area contributed by atoms with Crippen LogP contribution in [0.4, 0.5) is 26.3 Å². The number of esters is 2. The zero-order valence-corrected chi connectivity index (χ0v) is 36.4. The Morgan fingerprint density at radius 1 is 0.581 bits per heavy atom. The fraction of sp³-hybridized carbons (Fsp3) is 0.532. The first-order chi connectivity index (χ1) is 28.7. The van der Waals surface area contributed by atoms with Crippen molar-refractivity contribution in [3.05, 3.63) is 105 Å². The van der Waals surface area contributed by atoms with Crippen molar-refractivity contribution in [3.63, 3.8) is 0 Å². The molecule has 8 atom stereocenters. The molecule has 0 radical (unpaired) electrons. The summed E-state index contributed by atoms with van der Waals surface area (Å²) in [5.74, 6) is -3.91. The summed E-state index contributed by atoms with van der Waals surface area (Å²) in [7, 11) is 0. The third-order valence-corrected chi connectivity index (χ3v) is 10.8. The van der Waals surface area contributed by atoms with Gasteiger partial charge in [0, 0.05) is 18.8 Å². The van der Waals surface area contributed by atoms with E-state index in [1.54, 1.807) is 76.3 Å². The van der Waals surface area contributed by atoms with Gasteiger partial charge in [-0.1, -0.05) is 90.9 Å². The molecule has 0 spiro atoms. The molecule has 2 saturated heterocycles. The summed E-state index contributed by atoms with van der Waals surface area (Å²) in [6.45, 7) is 16.0. The highest BCUT2D eigenvalue weighted by Gasteiger charge is 2.46. The molecule has 340 valence electrons. The van der Waals surface area contributed by atoms with E-state index in [-0.39, 0.29) is 29.3 Å². The molecule has 2 aromatic carbocycles. The molecule has 0 aromatic heterocycles. The highest BCUT2D eigenvalue weighted by molar-refractivity contribution is 5.96. The van der Waals surface area contributed by atoms with Gasteiger partial charge in [-0.2, -0.15) is 26.3 Å². The number of fused-ring (bicyclic) bond motifs is 4. The van der Waals surface area contributed by atoms with Crippen LogP contribution in [0.2, 0.25) is 0 Å². The Morgan fingerprint density at radius 3 is 1.42 bits per heavy atom. The standard InChI is InChI=1S/C24H29F3O4.C23H27F3O5/c1-14-12-16(3)20-17(13-14)9-7-10-18-21(31-23(4,5)30-18)15(2)8-6-11-19(24(25,26)27)29-22(20)28;1-13-11-14(2)19-15(12-13)7-5-9-17-20(31-22(3,4)30-17)16(27)8-6-10-18(23(24,25)26)29-21(19)28/h6-9,12-13,15,18-19,21H,10-11H2,1-5H3;5-8,11-12,16-18,20,27H,9-10H2,1-4H3/b8-6-,9-7+;7-5+,8-6-/t15?,18-,19+,21+;16?,17-,18+,20+/m00/s1. The number of alkyl halides is 6. The van der Waals surface area contributed by atoms with Crippen molar-refractivity contribution in [3.8, 4) is 0 Å². The van der Waals surface area contributed by atoms with E-state index >= 15 is 0 Å². The van der Waals surface area contributed by atoms with E-state index in [4.69, 9.17) is 28.4 Å². The number of carbonyl (C=O) groups is 2. The Bertz CT molecular complexity index is 1920. The zero-order chi connectivity index (χ0) is 45.9. The Balaban J connectivity index is 0.000000234. The molecule has 62 heavy (non-hydrogen) atoms. The molecule has 0 saturated carbocycles. The Kier molecular flexibility index (Phi) is 15.1. The zero-order valence-electron chi connectivity index (χ0n) is 36.4. The number of aryl methyl sites for hydroxylation is 4. The predicted octanol–water partition coefficient (Wildman–Crippen LogP) is 10.5. The fourth-order valence-electron chi connectivity index (χ4n) is 8.16. The molecular formula is C47H56F6O9. The van der Waals surface area contributed by atoms with Gasteiger partial charge in [-0.25, -0.2) is 9.59 Å². The number of aliphatic hydroxyl groups is 1. The summed E-state index contributed by atoms with van der Waals surface area (Å²) in [5.41, 5.74) is 4.09. The van der Waals surface area contributed by atoms with E-state index in [0.717, 1.165) is 17.2 Å². The summed E-state index contributed by atoms with van der Waals surface area (Å²) in [5, 5.41) is 10.5. The van der Waals surface area contributed by atoms with E-state index in [0.29, 0.717) is 35.1 Å². The number of hydrogen-bond donors (Lipinski definition) is 1. The van der Waals surface area contributed by atoms with Crippen molar-refractivity contribution >= 4 is 24.1 Å². The Hall–Kier alpha value is -4.28. The summed E-state index contributed by atoms with van der Waals surface area (Å²) in [6.07, 6.45) is -4.62. The minimum atomic E-state index is -4.76. The maximum Gasteiger partial charge on any atom is 0.425 e. The molecule has 0 amide bonds. The molecule has 0 bridgehead atoms. The van der Waals surface area contributed by atoms with Crippen molar-refractivity contribution in [1.29, 1.82) is 0 Å². The minimum Gasteiger partial charge on any atom is -0.449 e. The smallest absolute Gasteiger partial charge is 0.425 e. The van der Waals surface area contributed by atoms with Crippen molar-refractivity contribution in [2.24, 2.45) is 5.92 Å². The van der Waals surface area contributed by atoms with Gasteiger partial charge < -0.3 is 33.5 Å². The first-order valence-corrected chi connectivity index (χ1v) is 20.6. The molecule has 1 N–H and O–H groups in total. The molecule has 9 nitrogen and oxygen atoms in total. The van der Waals surface area contributed by atoms with Crippen molar-refractivity contribution in [2.75, 3.05) is 0 Å². The van der Waals surface area contributed by atoms with Crippen molar-refractivity contribution in [1.82, 2.24) is 0 Å². The van der Waals surface area contributed by atoms with Crippen LogP contribution in [0, 0.1) is 33.6 Å². The van der Waals surface area contributed by atoms with Gasteiger partial charge in [0.25, 0.3) is 0 Å².